The molecule has 0 saturated carbocycles. The fourth-order valence-corrected chi connectivity index (χ4v) is 2.26. The summed E-state index contributed by atoms with van der Waals surface area (Å²) in [7, 11) is 1.68. The van der Waals surface area contributed by atoms with Crippen molar-refractivity contribution in [1.29, 1.82) is 0 Å². The van der Waals surface area contributed by atoms with Gasteiger partial charge in [0.2, 0.25) is 5.91 Å². The van der Waals surface area contributed by atoms with Crippen molar-refractivity contribution in [2.45, 2.75) is 46.0 Å². The minimum absolute atomic E-state index is 0.177. The van der Waals surface area contributed by atoms with Gasteiger partial charge >= 0.3 is 0 Å². The summed E-state index contributed by atoms with van der Waals surface area (Å²) in [6.07, 6.45) is 5.01. The summed E-state index contributed by atoms with van der Waals surface area (Å²) in [4.78, 5) is 11.8. The van der Waals surface area contributed by atoms with E-state index >= 15 is 0 Å². The second kappa shape index (κ2) is 9.40. The number of hydrogen-bond donors (Lipinski definition) is 1. The van der Waals surface area contributed by atoms with Crippen molar-refractivity contribution in [2.24, 2.45) is 5.92 Å². The first-order chi connectivity index (χ1) is 9.71. The van der Waals surface area contributed by atoms with Gasteiger partial charge in [0, 0.05) is 12.5 Å². The molecular weight excluding hydrogens is 250 g/mol. The highest BCUT2D eigenvalue weighted by molar-refractivity contribution is 5.78. The van der Waals surface area contributed by atoms with Crippen molar-refractivity contribution in [3.8, 4) is 5.75 Å². The monoisotopic (exact) mass is 277 g/mol. The molecule has 0 heterocycles. The molecule has 0 fully saturated rings. The molecule has 0 radical (unpaired) electrons. The number of nitrogens with one attached hydrogen (secondary N) is 1. The van der Waals surface area contributed by atoms with Crippen LogP contribution in [0.5, 0.6) is 5.75 Å². The van der Waals surface area contributed by atoms with Crippen LogP contribution in [0.25, 0.3) is 0 Å². The first-order valence-electron chi connectivity index (χ1n) is 7.61. The normalized spacial score (nSPS) is 10.6. The van der Waals surface area contributed by atoms with E-state index < -0.39 is 0 Å². The van der Waals surface area contributed by atoms with Crippen molar-refractivity contribution in [3.05, 3.63) is 29.8 Å². The van der Waals surface area contributed by atoms with E-state index in [0.717, 1.165) is 44.4 Å². The summed E-state index contributed by atoms with van der Waals surface area (Å²) >= 11 is 0. The fraction of sp³-hybridized carbons (Fsp3) is 0.588. The van der Waals surface area contributed by atoms with Crippen LogP contribution >= 0.6 is 0 Å². The van der Waals surface area contributed by atoms with E-state index in [0.29, 0.717) is 0 Å². The summed E-state index contributed by atoms with van der Waals surface area (Å²) < 4.78 is 5.13. The molecule has 0 aliphatic heterocycles. The second-order valence-corrected chi connectivity index (χ2v) is 5.11. The predicted molar refractivity (Wildman–Crippen MR) is 83.0 cm³/mol. The van der Waals surface area contributed by atoms with E-state index in [-0.39, 0.29) is 11.8 Å². The van der Waals surface area contributed by atoms with Crippen LogP contribution in [0, 0.1) is 5.92 Å². The quantitative estimate of drug-likeness (QED) is 0.701. The first kappa shape index (κ1) is 16.5. The number of ether oxygens (including phenoxy) is 1. The van der Waals surface area contributed by atoms with Crippen LogP contribution in [0.1, 0.15) is 45.1 Å². The minimum Gasteiger partial charge on any atom is -0.497 e. The molecule has 1 amide bonds. The number of unbranched alkanes of at least 4 members (excludes halogenated alkanes) is 1. The second-order valence-electron chi connectivity index (χ2n) is 5.11. The number of benzene rings is 1. The van der Waals surface area contributed by atoms with Crippen molar-refractivity contribution >= 4 is 5.91 Å². The van der Waals surface area contributed by atoms with Gasteiger partial charge in [-0.15, -0.1) is 0 Å². The average Bonchev–Trinajstić information content (AvgIpc) is 2.49. The molecule has 0 bridgehead atoms. The van der Waals surface area contributed by atoms with Crippen LogP contribution in [0.4, 0.5) is 0 Å². The Kier molecular flexibility index (Phi) is 7.78. The molecule has 0 aliphatic carbocycles. The molecule has 3 heteroatoms. The number of hydrogen-bond acceptors (Lipinski definition) is 2. The average molecular weight is 277 g/mol. The molecule has 0 atom stereocenters. The topological polar surface area (TPSA) is 38.3 Å². The number of carbonyl (C=O) groups excluding carboxylic acids is 1. The van der Waals surface area contributed by atoms with E-state index in [2.05, 4.69) is 31.3 Å². The molecule has 0 aliphatic rings. The number of carbonyl (C=O) groups is 1. The minimum atomic E-state index is 0.177. The Hall–Kier alpha value is -1.51. The van der Waals surface area contributed by atoms with Gasteiger partial charge in [0.05, 0.1) is 7.11 Å². The van der Waals surface area contributed by atoms with Crippen LogP contribution in [-0.4, -0.2) is 19.6 Å². The molecule has 20 heavy (non-hydrogen) atoms. The zero-order valence-corrected chi connectivity index (χ0v) is 12.9. The Morgan fingerprint density at radius 3 is 2.35 bits per heavy atom. The lowest BCUT2D eigenvalue weighted by Gasteiger charge is -2.12. The van der Waals surface area contributed by atoms with Gasteiger partial charge in [-0.05, 0) is 49.8 Å². The van der Waals surface area contributed by atoms with Gasteiger partial charge in [0.1, 0.15) is 5.75 Å². The molecule has 0 saturated heterocycles. The van der Waals surface area contributed by atoms with Crippen molar-refractivity contribution in [1.82, 2.24) is 5.32 Å². The van der Waals surface area contributed by atoms with E-state index in [1.165, 1.54) is 5.56 Å². The van der Waals surface area contributed by atoms with Crippen molar-refractivity contribution in [2.75, 3.05) is 13.7 Å². The first-order valence-corrected chi connectivity index (χ1v) is 7.61. The lowest BCUT2D eigenvalue weighted by atomic mass is 10.0. The molecule has 1 rings (SSSR count). The Bertz CT molecular complexity index is 382. The Balaban J connectivity index is 2.16. The Morgan fingerprint density at radius 2 is 1.80 bits per heavy atom. The lowest BCUT2D eigenvalue weighted by Crippen LogP contribution is -2.30. The summed E-state index contributed by atoms with van der Waals surface area (Å²) in [5.41, 5.74) is 1.32. The zero-order chi connectivity index (χ0) is 14.8. The number of aryl methyl sites for hydroxylation is 1. The number of methoxy groups -OCH3 is 1. The lowest BCUT2D eigenvalue weighted by molar-refractivity contribution is -0.125. The Labute approximate surface area is 122 Å². The summed E-state index contributed by atoms with van der Waals surface area (Å²) in [6, 6.07) is 8.18. The van der Waals surface area contributed by atoms with Gasteiger partial charge in [0.25, 0.3) is 0 Å². The number of amides is 1. The van der Waals surface area contributed by atoms with Crippen LogP contribution < -0.4 is 10.1 Å². The van der Waals surface area contributed by atoms with Crippen molar-refractivity contribution in [3.63, 3.8) is 0 Å². The molecular formula is C17H27NO2. The Morgan fingerprint density at radius 1 is 1.15 bits per heavy atom. The van der Waals surface area contributed by atoms with Gasteiger partial charge in [-0.25, -0.2) is 0 Å². The largest absolute Gasteiger partial charge is 0.497 e. The molecule has 1 N–H and O–H groups in total. The van der Waals surface area contributed by atoms with E-state index in [1.807, 2.05) is 12.1 Å². The number of rotatable bonds is 9. The smallest absolute Gasteiger partial charge is 0.223 e. The van der Waals surface area contributed by atoms with Crippen LogP contribution in [0.2, 0.25) is 0 Å². The molecule has 3 nitrogen and oxygen atoms in total. The summed E-state index contributed by atoms with van der Waals surface area (Å²) in [5, 5.41) is 3.03. The molecule has 0 unspecified atom stereocenters. The van der Waals surface area contributed by atoms with Gasteiger partial charge in [-0.2, -0.15) is 0 Å². The zero-order valence-electron chi connectivity index (χ0n) is 12.9. The highest BCUT2D eigenvalue weighted by Gasteiger charge is 2.12. The summed E-state index contributed by atoms with van der Waals surface area (Å²) in [6.45, 7) is 4.92. The third kappa shape index (κ3) is 5.64. The van der Waals surface area contributed by atoms with E-state index in [4.69, 9.17) is 4.74 Å². The van der Waals surface area contributed by atoms with Gasteiger partial charge < -0.3 is 10.1 Å². The van der Waals surface area contributed by atoms with Gasteiger partial charge in [-0.1, -0.05) is 26.0 Å². The van der Waals surface area contributed by atoms with E-state index in [9.17, 15) is 4.79 Å². The fourth-order valence-electron chi connectivity index (χ4n) is 2.26. The van der Waals surface area contributed by atoms with Crippen LogP contribution in [0.3, 0.4) is 0 Å². The maximum atomic E-state index is 11.8. The van der Waals surface area contributed by atoms with E-state index in [1.54, 1.807) is 7.11 Å². The molecule has 0 spiro atoms. The maximum absolute atomic E-state index is 11.8. The van der Waals surface area contributed by atoms with Crippen LogP contribution in [0.15, 0.2) is 24.3 Å². The standard InChI is InChI=1S/C17H27NO2/c1-4-15(5-2)17(19)18-13-7-6-8-14-9-11-16(20-3)12-10-14/h9-12,15H,4-8,13H2,1-3H3,(H,18,19). The highest BCUT2D eigenvalue weighted by Crippen LogP contribution is 2.13. The third-order valence-corrected chi connectivity index (χ3v) is 3.71. The van der Waals surface area contributed by atoms with Crippen molar-refractivity contribution < 1.29 is 9.53 Å². The SMILES string of the molecule is CCC(CC)C(=O)NCCCCc1ccc(OC)cc1. The van der Waals surface area contributed by atoms with Gasteiger partial charge in [-0.3, -0.25) is 4.79 Å². The predicted octanol–water partition coefficient (Wildman–Crippen LogP) is 3.57. The molecule has 0 aromatic heterocycles. The summed E-state index contributed by atoms with van der Waals surface area (Å²) in [5.74, 6) is 1.28. The molecule has 1 aromatic rings. The molecule has 1 aromatic carbocycles. The van der Waals surface area contributed by atoms with Crippen LogP contribution in [-0.2, 0) is 11.2 Å². The van der Waals surface area contributed by atoms with Gasteiger partial charge in [0.15, 0.2) is 0 Å². The molecule has 112 valence electrons. The maximum Gasteiger partial charge on any atom is 0.223 e. The third-order valence-electron chi connectivity index (χ3n) is 3.71. The highest BCUT2D eigenvalue weighted by atomic mass is 16.5.